The molecule has 23 heavy (non-hydrogen) atoms. The summed E-state index contributed by atoms with van der Waals surface area (Å²) in [5.41, 5.74) is 1.11. The van der Waals surface area contributed by atoms with Crippen molar-refractivity contribution in [1.82, 2.24) is 4.90 Å². The number of hydrogen-bond acceptors (Lipinski definition) is 3. The minimum Gasteiger partial charge on any atom is -0.325 e. The number of hydrogen-bond donors (Lipinski definition) is 1. The highest BCUT2D eigenvalue weighted by molar-refractivity contribution is 5.96. The zero-order valence-electron chi connectivity index (χ0n) is 12.8. The fourth-order valence-corrected chi connectivity index (χ4v) is 2.74. The number of anilines is 1. The molecular formula is C16H19F3N2O2. The number of carbonyl (C=O) groups excluding carboxylic acids is 2. The fourth-order valence-electron chi connectivity index (χ4n) is 2.74. The van der Waals surface area contributed by atoms with Crippen LogP contribution in [0, 0.1) is 5.92 Å². The van der Waals surface area contributed by atoms with E-state index in [1.807, 2.05) is 0 Å². The van der Waals surface area contributed by atoms with Crippen LogP contribution in [0.5, 0.6) is 0 Å². The Labute approximate surface area is 132 Å². The van der Waals surface area contributed by atoms with E-state index in [0.717, 1.165) is 0 Å². The van der Waals surface area contributed by atoms with E-state index in [2.05, 4.69) is 5.32 Å². The standard InChI is InChI=1S/C16H19F3N2O2/c1-11(22)13-2-4-14(5-3-13)20-15(23)10-21-7-6-12(9-21)8-16(17,18)19/h2-5,12H,6-10H2,1H3,(H,20,23). The number of ketones is 1. The summed E-state index contributed by atoms with van der Waals surface area (Å²) in [6, 6.07) is 6.50. The van der Waals surface area contributed by atoms with Crippen LogP contribution in [0.3, 0.4) is 0 Å². The van der Waals surface area contributed by atoms with Gasteiger partial charge in [0.25, 0.3) is 0 Å². The van der Waals surface area contributed by atoms with Crippen LogP contribution >= 0.6 is 0 Å². The molecule has 0 aromatic heterocycles. The third kappa shape index (κ3) is 5.67. The van der Waals surface area contributed by atoms with Crippen molar-refractivity contribution in [2.24, 2.45) is 5.92 Å². The lowest BCUT2D eigenvalue weighted by molar-refractivity contribution is -0.143. The highest BCUT2D eigenvalue weighted by Gasteiger charge is 2.35. The fraction of sp³-hybridized carbons (Fsp3) is 0.500. The van der Waals surface area contributed by atoms with Gasteiger partial charge in [0, 0.05) is 24.2 Å². The molecule has 1 aromatic carbocycles. The summed E-state index contributed by atoms with van der Waals surface area (Å²) >= 11 is 0. The summed E-state index contributed by atoms with van der Waals surface area (Å²) < 4.78 is 37.1. The van der Waals surface area contributed by atoms with Gasteiger partial charge < -0.3 is 5.32 Å². The number of benzene rings is 1. The first-order valence-corrected chi connectivity index (χ1v) is 7.43. The highest BCUT2D eigenvalue weighted by atomic mass is 19.4. The molecule has 1 fully saturated rings. The molecule has 1 atom stereocenters. The highest BCUT2D eigenvalue weighted by Crippen LogP contribution is 2.30. The van der Waals surface area contributed by atoms with Crippen LogP contribution < -0.4 is 5.32 Å². The van der Waals surface area contributed by atoms with Crippen LogP contribution in [0.4, 0.5) is 18.9 Å². The Hall–Kier alpha value is -1.89. The van der Waals surface area contributed by atoms with Crippen molar-refractivity contribution < 1.29 is 22.8 Å². The number of nitrogens with zero attached hydrogens (tertiary/aromatic N) is 1. The van der Waals surface area contributed by atoms with Gasteiger partial charge in [0.15, 0.2) is 5.78 Å². The van der Waals surface area contributed by atoms with Crippen molar-refractivity contribution in [2.75, 3.05) is 25.0 Å². The maximum Gasteiger partial charge on any atom is 0.389 e. The number of rotatable bonds is 5. The summed E-state index contributed by atoms with van der Waals surface area (Å²) in [6.45, 7) is 2.31. The van der Waals surface area contributed by atoms with E-state index in [1.165, 1.54) is 6.92 Å². The van der Waals surface area contributed by atoms with Crippen molar-refractivity contribution in [3.05, 3.63) is 29.8 Å². The third-order valence-corrected chi connectivity index (χ3v) is 3.83. The molecule has 0 aliphatic carbocycles. The van der Waals surface area contributed by atoms with E-state index < -0.39 is 18.5 Å². The number of halogens is 3. The van der Waals surface area contributed by atoms with E-state index in [0.29, 0.717) is 24.2 Å². The van der Waals surface area contributed by atoms with Crippen LogP contribution in [-0.4, -0.2) is 42.4 Å². The van der Waals surface area contributed by atoms with Crippen LogP contribution in [0.25, 0.3) is 0 Å². The zero-order chi connectivity index (χ0) is 17.0. The molecule has 0 radical (unpaired) electrons. The molecule has 1 N–H and O–H groups in total. The first-order chi connectivity index (χ1) is 10.7. The Balaban J connectivity index is 1.80. The molecule has 0 bridgehead atoms. The van der Waals surface area contributed by atoms with Crippen molar-refractivity contribution in [2.45, 2.75) is 25.9 Å². The van der Waals surface area contributed by atoms with Crippen molar-refractivity contribution in [1.29, 1.82) is 0 Å². The molecule has 1 heterocycles. The minimum atomic E-state index is -4.15. The van der Waals surface area contributed by atoms with Gasteiger partial charge in [-0.3, -0.25) is 14.5 Å². The quantitative estimate of drug-likeness (QED) is 0.845. The number of amides is 1. The lowest BCUT2D eigenvalue weighted by atomic mass is 10.1. The Kier molecular flexibility index (Phi) is 5.41. The predicted molar refractivity (Wildman–Crippen MR) is 80.3 cm³/mol. The van der Waals surface area contributed by atoms with Crippen LogP contribution in [0.15, 0.2) is 24.3 Å². The summed E-state index contributed by atoms with van der Waals surface area (Å²) in [4.78, 5) is 24.8. The number of likely N-dealkylation sites (tertiary alicyclic amines) is 1. The maximum atomic E-state index is 12.4. The normalized spacial score (nSPS) is 18.9. The van der Waals surface area contributed by atoms with Crippen molar-refractivity contribution in [3.8, 4) is 0 Å². The Morgan fingerprint density at radius 3 is 2.48 bits per heavy atom. The molecule has 4 nitrogen and oxygen atoms in total. The second kappa shape index (κ2) is 7.12. The minimum absolute atomic E-state index is 0.0596. The summed E-state index contributed by atoms with van der Waals surface area (Å²) in [5, 5.41) is 2.68. The average Bonchev–Trinajstić information content (AvgIpc) is 2.84. The van der Waals surface area contributed by atoms with Crippen molar-refractivity contribution >= 4 is 17.4 Å². The second-order valence-electron chi connectivity index (χ2n) is 5.89. The molecule has 1 saturated heterocycles. The number of nitrogens with one attached hydrogen (secondary N) is 1. The van der Waals surface area contributed by atoms with Gasteiger partial charge in [0.05, 0.1) is 6.54 Å². The van der Waals surface area contributed by atoms with E-state index in [4.69, 9.17) is 0 Å². The summed E-state index contributed by atoms with van der Waals surface area (Å²) in [6.07, 6.45) is -4.49. The molecule has 1 aliphatic rings. The predicted octanol–water partition coefficient (Wildman–Crippen LogP) is 3.10. The third-order valence-electron chi connectivity index (χ3n) is 3.83. The molecular weight excluding hydrogens is 309 g/mol. The summed E-state index contributed by atoms with van der Waals surface area (Å²) in [7, 11) is 0. The number of alkyl halides is 3. The molecule has 7 heteroatoms. The maximum absolute atomic E-state index is 12.4. The number of carbonyl (C=O) groups is 2. The first kappa shape index (κ1) is 17.5. The summed E-state index contributed by atoms with van der Waals surface area (Å²) in [5.74, 6) is -0.762. The molecule has 1 aromatic rings. The second-order valence-corrected chi connectivity index (χ2v) is 5.89. The molecule has 0 saturated carbocycles. The smallest absolute Gasteiger partial charge is 0.325 e. The molecule has 126 valence electrons. The van der Waals surface area contributed by atoms with E-state index in [-0.39, 0.29) is 24.8 Å². The molecule has 1 amide bonds. The van der Waals surface area contributed by atoms with Gasteiger partial charge in [0.1, 0.15) is 0 Å². The molecule has 1 unspecified atom stereocenters. The lowest BCUT2D eigenvalue weighted by Crippen LogP contribution is -2.32. The number of Topliss-reactive ketones (excluding diaryl/α,β-unsaturated/α-hetero) is 1. The Bertz CT molecular complexity index is 570. The van der Waals surface area contributed by atoms with Crippen molar-refractivity contribution in [3.63, 3.8) is 0 Å². The van der Waals surface area contributed by atoms with Gasteiger partial charge in [0.2, 0.25) is 5.91 Å². The SMILES string of the molecule is CC(=O)c1ccc(NC(=O)CN2CCC(CC(F)(F)F)C2)cc1. The largest absolute Gasteiger partial charge is 0.389 e. The Morgan fingerprint density at radius 2 is 1.91 bits per heavy atom. The zero-order valence-corrected chi connectivity index (χ0v) is 12.8. The first-order valence-electron chi connectivity index (χ1n) is 7.43. The molecule has 1 aliphatic heterocycles. The van der Waals surface area contributed by atoms with Crippen LogP contribution in [0.2, 0.25) is 0 Å². The monoisotopic (exact) mass is 328 g/mol. The molecule has 2 rings (SSSR count). The van der Waals surface area contributed by atoms with E-state index in [9.17, 15) is 22.8 Å². The van der Waals surface area contributed by atoms with Gasteiger partial charge >= 0.3 is 6.18 Å². The van der Waals surface area contributed by atoms with Crippen LogP contribution in [0.1, 0.15) is 30.1 Å². The van der Waals surface area contributed by atoms with Gasteiger partial charge in [-0.15, -0.1) is 0 Å². The van der Waals surface area contributed by atoms with E-state index in [1.54, 1.807) is 29.2 Å². The average molecular weight is 328 g/mol. The molecule has 0 spiro atoms. The van der Waals surface area contributed by atoms with Gasteiger partial charge in [-0.05, 0) is 50.1 Å². The van der Waals surface area contributed by atoms with Gasteiger partial charge in [-0.2, -0.15) is 13.2 Å². The van der Waals surface area contributed by atoms with Crippen LogP contribution in [-0.2, 0) is 4.79 Å². The van der Waals surface area contributed by atoms with Gasteiger partial charge in [-0.25, -0.2) is 0 Å². The van der Waals surface area contributed by atoms with Gasteiger partial charge in [-0.1, -0.05) is 0 Å². The lowest BCUT2D eigenvalue weighted by Gasteiger charge is -2.16. The topological polar surface area (TPSA) is 49.4 Å². The van der Waals surface area contributed by atoms with E-state index >= 15 is 0 Å². The Morgan fingerprint density at radius 1 is 1.26 bits per heavy atom.